The van der Waals surface area contributed by atoms with Gasteiger partial charge in [0.25, 0.3) is 0 Å². The Bertz CT molecular complexity index is 1430. The lowest BCUT2D eigenvalue weighted by molar-refractivity contribution is -0.140. The SMILES string of the molecule is CN(C)S(=O)(=O)N(CC(=O)N(Cc1ccc(F)cc1)[C@@H](Cc1ccccc1)C(=O)NC(C)(C)C)c1ccc(F)cc1. The van der Waals surface area contributed by atoms with Crippen molar-refractivity contribution in [1.82, 2.24) is 14.5 Å². The van der Waals surface area contributed by atoms with E-state index in [0.29, 0.717) is 5.56 Å². The summed E-state index contributed by atoms with van der Waals surface area (Å²) >= 11 is 0. The Morgan fingerprint density at radius 3 is 1.88 bits per heavy atom. The molecule has 0 radical (unpaired) electrons. The molecule has 0 spiro atoms. The lowest BCUT2D eigenvalue weighted by atomic mass is 10.0. The number of halogens is 2. The number of benzene rings is 3. The Kier molecular flexibility index (Phi) is 10.2. The smallest absolute Gasteiger partial charge is 0.304 e. The van der Waals surface area contributed by atoms with Gasteiger partial charge in [-0.3, -0.25) is 9.59 Å². The molecular formula is C30H36F2N4O4S. The molecule has 1 N–H and O–H groups in total. The summed E-state index contributed by atoms with van der Waals surface area (Å²) in [5.41, 5.74) is 0.791. The fourth-order valence-corrected chi connectivity index (χ4v) is 5.17. The van der Waals surface area contributed by atoms with Crippen LogP contribution in [0.2, 0.25) is 0 Å². The molecule has 8 nitrogen and oxygen atoms in total. The largest absolute Gasteiger partial charge is 0.350 e. The van der Waals surface area contributed by atoms with Gasteiger partial charge < -0.3 is 10.2 Å². The minimum Gasteiger partial charge on any atom is -0.350 e. The number of hydrogen-bond acceptors (Lipinski definition) is 4. The van der Waals surface area contributed by atoms with Crippen LogP contribution < -0.4 is 9.62 Å². The number of rotatable bonds is 11. The first-order valence-electron chi connectivity index (χ1n) is 13.0. The van der Waals surface area contributed by atoms with Crippen molar-refractivity contribution >= 4 is 27.7 Å². The summed E-state index contributed by atoms with van der Waals surface area (Å²) in [5.74, 6) is -2.13. The maximum Gasteiger partial charge on any atom is 0.304 e. The molecule has 3 rings (SSSR count). The molecule has 220 valence electrons. The lowest BCUT2D eigenvalue weighted by Crippen LogP contribution is -2.56. The fraction of sp³-hybridized carbons (Fsp3) is 0.333. The van der Waals surface area contributed by atoms with E-state index in [1.54, 1.807) is 0 Å². The summed E-state index contributed by atoms with van der Waals surface area (Å²) in [4.78, 5) is 29.1. The van der Waals surface area contributed by atoms with Crippen molar-refractivity contribution in [1.29, 1.82) is 0 Å². The molecular weight excluding hydrogens is 550 g/mol. The summed E-state index contributed by atoms with van der Waals surface area (Å²) in [7, 11) is -1.56. The van der Waals surface area contributed by atoms with E-state index in [-0.39, 0.29) is 18.7 Å². The topological polar surface area (TPSA) is 90.0 Å². The molecule has 0 saturated carbocycles. The van der Waals surface area contributed by atoms with Gasteiger partial charge in [-0.25, -0.2) is 13.1 Å². The van der Waals surface area contributed by atoms with Crippen molar-refractivity contribution in [2.24, 2.45) is 0 Å². The average molecular weight is 587 g/mol. The number of hydrogen-bond donors (Lipinski definition) is 1. The Morgan fingerprint density at radius 1 is 0.829 bits per heavy atom. The first-order valence-corrected chi connectivity index (χ1v) is 14.4. The minimum atomic E-state index is -4.20. The molecule has 41 heavy (non-hydrogen) atoms. The normalized spacial score (nSPS) is 12.6. The highest BCUT2D eigenvalue weighted by molar-refractivity contribution is 7.90. The second-order valence-corrected chi connectivity index (χ2v) is 12.9. The van der Waals surface area contributed by atoms with Crippen LogP contribution in [-0.4, -0.2) is 61.7 Å². The van der Waals surface area contributed by atoms with Gasteiger partial charge in [-0.05, 0) is 68.3 Å². The number of nitrogens with one attached hydrogen (secondary N) is 1. The highest BCUT2D eigenvalue weighted by atomic mass is 32.2. The van der Waals surface area contributed by atoms with Gasteiger partial charge >= 0.3 is 10.2 Å². The van der Waals surface area contributed by atoms with E-state index in [1.807, 2.05) is 51.1 Å². The van der Waals surface area contributed by atoms with Gasteiger partial charge in [-0.2, -0.15) is 12.7 Å². The fourth-order valence-electron chi connectivity index (χ4n) is 4.12. The van der Waals surface area contributed by atoms with Crippen LogP contribution in [0.1, 0.15) is 31.9 Å². The highest BCUT2D eigenvalue weighted by Gasteiger charge is 2.35. The Hall–Kier alpha value is -3.83. The molecule has 0 aliphatic rings. The van der Waals surface area contributed by atoms with Gasteiger partial charge in [0.05, 0.1) is 5.69 Å². The van der Waals surface area contributed by atoms with Crippen LogP contribution in [0.15, 0.2) is 78.9 Å². The third-order valence-electron chi connectivity index (χ3n) is 6.17. The van der Waals surface area contributed by atoms with E-state index < -0.39 is 51.8 Å². The van der Waals surface area contributed by atoms with Crippen molar-refractivity contribution in [2.75, 3.05) is 24.9 Å². The highest BCUT2D eigenvalue weighted by Crippen LogP contribution is 2.22. The molecule has 1 atom stereocenters. The van der Waals surface area contributed by atoms with Crippen LogP contribution >= 0.6 is 0 Å². The molecule has 0 aliphatic carbocycles. The standard InChI is InChI=1S/C30H36F2N4O4S/c1-30(2,3)33-29(38)27(19-22-9-7-6-8-10-22)35(20-23-11-13-24(31)14-12-23)28(37)21-36(41(39,40)34(4)5)26-17-15-25(32)16-18-26/h6-18,27H,19-21H2,1-5H3,(H,33,38)/t27-/m0/s1. The van der Waals surface area contributed by atoms with Crippen molar-refractivity contribution in [3.8, 4) is 0 Å². The molecule has 0 aliphatic heterocycles. The van der Waals surface area contributed by atoms with Gasteiger partial charge in [-0.15, -0.1) is 0 Å². The summed E-state index contributed by atoms with van der Waals surface area (Å²) in [6.45, 7) is 4.69. The molecule has 0 saturated heterocycles. The monoisotopic (exact) mass is 586 g/mol. The maximum atomic E-state index is 14.1. The van der Waals surface area contributed by atoms with E-state index >= 15 is 0 Å². The molecule has 0 aromatic heterocycles. The Balaban J connectivity index is 2.10. The molecule has 3 aromatic carbocycles. The third-order valence-corrected chi connectivity index (χ3v) is 7.99. The summed E-state index contributed by atoms with van der Waals surface area (Å²) < 4.78 is 55.8. The molecule has 11 heteroatoms. The van der Waals surface area contributed by atoms with Crippen LogP contribution in [0, 0.1) is 11.6 Å². The van der Waals surface area contributed by atoms with Gasteiger partial charge in [0.15, 0.2) is 0 Å². The van der Waals surface area contributed by atoms with Gasteiger partial charge in [0.2, 0.25) is 11.8 Å². The van der Waals surface area contributed by atoms with Crippen molar-refractivity contribution in [3.63, 3.8) is 0 Å². The van der Waals surface area contributed by atoms with Gasteiger partial charge in [-0.1, -0.05) is 42.5 Å². The average Bonchev–Trinajstić information content (AvgIpc) is 2.90. The maximum absolute atomic E-state index is 14.1. The zero-order valence-corrected chi connectivity index (χ0v) is 24.7. The number of anilines is 1. The van der Waals surface area contributed by atoms with Crippen LogP contribution in [0.25, 0.3) is 0 Å². The molecule has 3 aromatic rings. The second-order valence-electron chi connectivity index (χ2n) is 10.9. The van der Waals surface area contributed by atoms with Crippen LogP contribution in [0.5, 0.6) is 0 Å². The van der Waals surface area contributed by atoms with E-state index in [0.717, 1.165) is 26.3 Å². The van der Waals surface area contributed by atoms with Crippen molar-refractivity contribution in [2.45, 2.75) is 45.3 Å². The van der Waals surface area contributed by atoms with Crippen molar-refractivity contribution in [3.05, 3.63) is 102 Å². The molecule has 0 heterocycles. The van der Waals surface area contributed by atoms with E-state index in [4.69, 9.17) is 0 Å². The van der Waals surface area contributed by atoms with Gasteiger partial charge in [0.1, 0.15) is 24.2 Å². The lowest BCUT2D eigenvalue weighted by Gasteiger charge is -2.35. The van der Waals surface area contributed by atoms with Gasteiger partial charge in [0, 0.05) is 32.6 Å². The molecule has 0 bridgehead atoms. The quantitative estimate of drug-likeness (QED) is 0.366. The first kappa shape index (κ1) is 31.7. The third kappa shape index (κ3) is 8.83. The minimum absolute atomic E-state index is 0.0777. The molecule has 0 unspecified atom stereocenters. The summed E-state index contributed by atoms with van der Waals surface area (Å²) in [6.07, 6.45) is 0.146. The van der Waals surface area contributed by atoms with E-state index in [9.17, 15) is 26.8 Å². The number of carbonyl (C=O) groups excluding carboxylic acids is 2. The van der Waals surface area contributed by atoms with Crippen LogP contribution in [-0.2, 0) is 32.8 Å². The summed E-state index contributed by atoms with van der Waals surface area (Å²) in [5, 5.41) is 2.93. The predicted octanol–water partition coefficient (Wildman–Crippen LogP) is 4.13. The van der Waals surface area contributed by atoms with Crippen molar-refractivity contribution < 1.29 is 26.8 Å². The van der Waals surface area contributed by atoms with Crippen LogP contribution in [0.3, 0.4) is 0 Å². The second kappa shape index (κ2) is 13.2. The summed E-state index contributed by atoms with van der Waals surface area (Å²) in [6, 6.07) is 18.3. The Morgan fingerprint density at radius 2 is 1.37 bits per heavy atom. The Labute approximate surface area is 240 Å². The zero-order valence-electron chi connectivity index (χ0n) is 23.8. The first-order chi connectivity index (χ1) is 19.2. The number of amides is 2. The number of nitrogens with zero attached hydrogens (tertiary/aromatic N) is 3. The molecule has 0 fully saturated rings. The zero-order chi connectivity index (χ0) is 30.4. The van der Waals surface area contributed by atoms with Crippen LogP contribution in [0.4, 0.5) is 14.5 Å². The van der Waals surface area contributed by atoms with E-state index in [1.165, 1.54) is 55.4 Å². The van der Waals surface area contributed by atoms with E-state index in [2.05, 4.69) is 5.32 Å². The number of carbonyl (C=O) groups is 2. The predicted molar refractivity (Wildman–Crippen MR) is 155 cm³/mol. The molecule has 2 amide bonds.